The third kappa shape index (κ3) is 9.73. The van der Waals surface area contributed by atoms with Crippen LogP contribution in [0.5, 0.6) is 0 Å². The predicted octanol–water partition coefficient (Wildman–Crippen LogP) is 4.11. The van der Waals surface area contributed by atoms with Crippen molar-refractivity contribution >= 4 is 39.5 Å². The number of amides is 1. The van der Waals surface area contributed by atoms with Crippen molar-refractivity contribution in [2.24, 2.45) is 16.8 Å². The van der Waals surface area contributed by atoms with E-state index in [2.05, 4.69) is 57.2 Å². The SMILES string of the molecule is CCO/N=C(/c1ccc(Br)cc1)C1CCN(C2(C)CCN(C(=O)c3c(C)cc[n+]([O-])c3C)CC2)CC1.N[C@@H](CCC(=O)O)C(=O)O. The highest BCUT2D eigenvalue weighted by Gasteiger charge is 2.40. The smallest absolute Gasteiger partial charge is 0.320 e. The number of nitrogens with two attached hydrogens (primary N) is 1. The number of piperidine rings is 2. The number of aliphatic carboxylic acids is 2. The van der Waals surface area contributed by atoms with Crippen molar-refractivity contribution in [1.82, 2.24) is 9.80 Å². The summed E-state index contributed by atoms with van der Waals surface area (Å²) in [4.78, 5) is 43.2. The molecule has 2 aliphatic heterocycles. The van der Waals surface area contributed by atoms with Crippen molar-refractivity contribution in [3.05, 3.63) is 68.6 Å². The number of hydrogen-bond donors (Lipinski definition) is 3. The molecule has 1 atom stereocenters. The number of aryl methyl sites for hydroxylation is 1. The van der Waals surface area contributed by atoms with Gasteiger partial charge in [0.15, 0.2) is 6.20 Å². The summed E-state index contributed by atoms with van der Waals surface area (Å²) in [6.45, 7) is 11.9. The van der Waals surface area contributed by atoms with Gasteiger partial charge in [0, 0.05) is 48.4 Å². The topological polar surface area (TPSA) is 173 Å². The Morgan fingerprint density at radius 2 is 1.72 bits per heavy atom. The minimum absolute atomic E-state index is 0.0231. The molecule has 0 saturated carbocycles. The minimum atomic E-state index is -1.17. The fraction of sp³-hybridized carbons (Fsp3) is 0.545. The maximum Gasteiger partial charge on any atom is 0.320 e. The summed E-state index contributed by atoms with van der Waals surface area (Å²) in [5.74, 6) is -1.86. The molecule has 4 rings (SSSR count). The van der Waals surface area contributed by atoms with Gasteiger partial charge in [-0.1, -0.05) is 33.2 Å². The molecule has 1 aromatic heterocycles. The van der Waals surface area contributed by atoms with Gasteiger partial charge in [0.1, 0.15) is 18.2 Å². The number of carboxylic acids is 2. The molecule has 0 unspecified atom stereocenters. The Hall–Kier alpha value is -3.55. The lowest BCUT2D eigenvalue weighted by Crippen LogP contribution is -2.57. The fourth-order valence-electron chi connectivity index (χ4n) is 5.97. The first-order valence-electron chi connectivity index (χ1n) is 15.7. The van der Waals surface area contributed by atoms with E-state index in [4.69, 9.17) is 20.8 Å². The molecule has 0 aliphatic carbocycles. The first-order chi connectivity index (χ1) is 21.8. The van der Waals surface area contributed by atoms with Crippen molar-refractivity contribution in [2.45, 2.75) is 77.8 Å². The number of carbonyl (C=O) groups is 3. The van der Waals surface area contributed by atoms with Gasteiger partial charge < -0.3 is 30.9 Å². The van der Waals surface area contributed by atoms with Crippen LogP contribution in [0.3, 0.4) is 0 Å². The molecule has 2 saturated heterocycles. The zero-order chi connectivity index (χ0) is 34.0. The average molecular weight is 705 g/mol. The number of aromatic nitrogens is 1. The van der Waals surface area contributed by atoms with Crippen LogP contribution in [0, 0.1) is 25.0 Å². The molecule has 0 radical (unpaired) electrons. The summed E-state index contributed by atoms with van der Waals surface area (Å²) >= 11 is 3.52. The van der Waals surface area contributed by atoms with Crippen LogP contribution in [0.1, 0.15) is 79.6 Å². The molecule has 0 spiro atoms. The molecule has 3 heterocycles. The number of hydrogen-bond acceptors (Lipinski definition) is 8. The Kier molecular flexibility index (Phi) is 13.5. The van der Waals surface area contributed by atoms with Crippen LogP contribution in [-0.2, 0) is 14.4 Å². The van der Waals surface area contributed by atoms with Crippen LogP contribution in [0.4, 0.5) is 0 Å². The van der Waals surface area contributed by atoms with Crippen LogP contribution < -0.4 is 10.5 Å². The second-order valence-corrected chi connectivity index (χ2v) is 13.0. The Bertz CT molecular complexity index is 1390. The van der Waals surface area contributed by atoms with E-state index >= 15 is 0 Å². The number of likely N-dealkylation sites (tertiary alicyclic amines) is 2. The second kappa shape index (κ2) is 16.8. The Balaban J connectivity index is 0.000000498. The molecule has 2 fully saturated rings. The number of pyridine rings is 1. The van der Waals surface area contributed by atoms with E-state index in [1.54, 1.807) is 13.0 Å². The number of benzene rings is 1. The van der Waals surface area contributed by atoms with Crippen molar-refractivity contribution in [1.29, 1.82) is 0 Å². The maximum atomic E-state index is 13.3. The fourth-order valence-corrected chi connectivity index (χ4v) is 6.24. The van der Waals surface area contributed by atoms with E-state index in [0.717, 1.165) is 64.8 Å². The van der Waals surface area contributed by atoms with E-state index in [-0.39, 0.29) is 24.3 Å². The van der Waals surface area contributed by atoms with Crippen LogP contribution in [0.25, 0.3) is 0 Å². The minimum Gasteiger partial charge on any atom is -0.618 e. The van der Waals surface area contributed by atoms with Gasteiger partial charge in [0.05, 0.1) is 5.71 Å². The standard InChI is InChI=1S/C28H37BrN4O3.C5H9NO4/c1-5-36-30-26(22-6-8-24(29)9-7-22)23-11-15-32(16-12-23)28(4)13-18-31(19-14-28)27(34)25-20(2)10-17-33(35)21(25)3;6-3(5(9)10)1-2-4(7)8/h6-10,17,23H,5,11-16,18-19H2,1-4H3;3H,1-2,6H2,(H,7,8)(H,9,10)/b30-26-;/t;3-/m.0/s1. The van der Waals surface area contributed by atoms with E-state index in [0.29, 0.717) is 36.9 Å². The second-order valence-electron chi connectivity index (χ2n) is 12.1. The Morgan fingerprint density at radius 3 is 2.26 bits per heavy atom. The van der Waals surface area contributed by atoms with Gasteiger partial charge in [-0.05, 0) is 89.2 Å². The van der Waals surface area contributed by atoms with Crippen LogP contribution in [-0.4, -0.2) is 87.9 Å². The lowest BCUT2D eigenvalue weighted by molar-refractivity contribution is -0.612. The first-order valence-corrected chi connectivity index (χ1v) is 16.5. The molecular weight excluding hydrogens is 658 g/mol. The van der Waals surface area contributed by atoms with Crippen molar-refractivity contribution in [3.8, 4) is 0 Å². The summed E-state index contributed by atoms with van der Waals surface area (Å²) < 4.78 is 1.84. The summed E-state index contributed by atoms with van der Waals surface area (Å²) in [5.41, 5.74) is 9.11. The maximum absolute atomic E-state index is 13.3. The van der Waals surface area contributed by atoms with E-state index in [9.17, 15) is 19.6 Å². The summed E-state index contributed by atoms with van der Waals surface area (Å²) in [6.07, 6.45) is 5.17. The van der Waals surface area contributed by atoms with Gasteiger partial charge in [-0.3, -0.25) is 19.3 Å². The third-order valence-corrected chi connectivity index (χ3v) is 9.48. The van der Waals surface area contributed by atoms with E-state index in [1.165, 1.54) is 6.20 Å². The van der Waals surface area contributed by atoms with Gasteiger partial charge in [-0.15, -0.1) is 0 Å². The number of rotatable bonds is 10. The van der Waals surface area contributed by atoms with Gasteiger partial charge in [-0.2, -0.15) is 4.73 Å². The predicted molar refractivity (Wildman–Crippen MR) is 178 cm³/mol. The van der Waals surface area contributed by atoms with Gasteiger partial charge in [-0.25, -0.2) is 0 Å². The van der Waals surface area contributed by atoms with E-state index < -0.39 is 18.0 Å². The third-order valence-electron chi connectivity index (χ3n) is 8.95. The molecule has 12 nitrogen and oxygen atoms in total. The normalized spacial score (nSPS) is 17.9. The molecule has 0 bridgehead atoms. The lowest BCUT2D eigenvalue weighted by atomic mass is 9.82. The number of carboxylic acid groups (broad SMARTS) is 2. The molecular formula is C33H46BrN5O7. The number of nitrogens with zero attached hydrogens (tertiary/aromatic N) is 4. The van der Waals surface area contributed by atoms with E-state index in [1.807, 2.05) is 18.7 Å². The van der Waals surface area contributed by atoms with Crippen molar-refractivity contribution < 1.29 is 34.2 Å². The highest BCUT2D eigenvalue weighted by molar-refractivity contribution is 9.10. The van der Waals surface area contributed by atoms with Crippen LogP contribution >= 0.6 is 15.9 Å². The molecule has 252 valence electrons. The monoisotopic (exact) mass is 703 g/mol. The first kappa shape index (κ1) is 36.9. The van der Waals surface area contributed by atoms with Gasteiger partial charge in [0.25, 0.3) is 5.91 Å². The number of oxime groups is 1. The molecule has 4 N–H and O–H groups in total. The Morgan fingerprint density at radius 1 is 1.11 bits per heavy atom. The van der Waals surface area contributed by atoms with Crippen molar-refractivity contribution in [3.63, 3.8) is 0 Å². The molecule has 1 amide bonds. The average Bonchev–Trinajstić information content (AvgIpc) is 3.03. The number of halogens is 1. The van der Waals surface area contributed by atoms with Gasteiger partial charge in [0.2, 0.25) is 5.69 Å². The number of carbonyl (C=O) groups excluding carboxylic acids is 1. The van der Waals surface area contributed by atoms with Crippen LogP contribution in [0.2, 0.25) is 0 Å². The highest BCUT2D eigenvalue weighted by atomic mass is 79.9. The quantitative estimate of drug-likeness (QED) is 0.142. The Labute approximate surface area is 278 Å². The molecule has 13 heteroatoms. The molecule has 2 aliphatic rings. The van der Waals surface area contributed by atoms with Gasteiger partial charge >= 0.3 is 11.9 Å². The largest absolute Gasteiger partial charge is 0.618 e. The zero-order valence-corrected chi connectivity index (χ0v) is 28.7. The summed E-state index contributed by atoms with van der Waals surface area (Å²) in [7, 11) is 0. The molecule has 2 aromatic rings. The summed E-state index contributed by atoms with van der Waals surface area (Å²) in [6, 6.07) is 8.98. The lowest BCUT2D eigenvalue weighted by Gasteiger charge is -2.49. The molecule has 46 heavy (non-hydrogen) atoms. The van der Waals surface area contributed by atoms with Crippen LogP contribution in [0.15, 0.2) is 46.2 Å². The summed E-state index contributed by atoms with van der Waals surface area (Å²) in [5, 5.41) is 32.8. The van der Waals surface area contributed by atoms with Crippen molar-refractivity contribution in [2.75, 3.05) is 32.8 Å². The molecule has 1 aromatic carbocycles. The highest BCUT2D eigenvalue weighted by Crippen LogP contribution is 2.34. The zero-order valence-electron chi connectivity index (χ0n) is 27.1.